The highest BCUT2D eigenvalue weighted by Crippen LogP contribution is 2.11. The molecule has 1 N–H and O–H groups in total. The van der Waals surface area contributed by atoms with E-state index in [1.807, 2.05) is 36.3 Å². The zero-order chi connectivity index (χ0) is 10.2. The van der Waals surface area contributed by atoms with Gasteiger partial charge in [0.05, 0.1) is 0 Å². The van der Waals surface area contributed by atoms with E-state index in [9.17, 15) is 0 Å². The van der Waals surface area contributed by atoms with Gasteiger partial charge in [0, 0.05) is 36.1 Å². The van der Waals surface area contributed by atoms with Gasteiger partial charge in [-0.25, -0.2) is 0 Å². The first-order valence-electron chi connectivity index (χ1n) is 4.67. The molecule has 0 saturated heterocycles. The molecule has 1 rings (SSSR count). The Morgan fingerprint density at radius 1 is 1.64 bits per heavy atom. The van der Waals surface area contributed by atoms with Gasteiger partial charge in [-0.1, -0.05) is 6.08 Å². The number of anilines is 1. The minimum absolute atomic E-state index is 0.989. The summed E-state index contributed by atoms with van der Waals surface area (Å²) in [6.07, 6.45) is 5.62. The number of aryl methyl sites for hydroxylation is 1. The van der Waals surface area contributed by atoms with Crippen molar-refractivity contribution in [3.8, 4) is 0 Å². The van der Waals surface area contributed by atoms with Gasteiger partial charge in [0.2, 0.25) is 0 Å². The molecule has 0 fully saturated rings. The van der Waals surface area contributed by atoms with Crippen molar-refractivity contribution in [1.82, 2.24) is 4.98 Å². The number of nitrogens with one attached hydrogen (secondary N) is 1. The van der Waals surface area contributed by atoms with E-state index in [2.05, 4.69) is 23.8 Å². The molecule has 2 nitrogen and oxygen atoms in total. The van der Waals surface area contributed by atoms with E-state index in [4.69, 9.17) is 0 Å². The molecule has 0 unspecified atom stereocenters. The van der Waals surface area contributed by atoms with Crippen molar-refractivity contribution < 1.29 is 0 Å². The number of hydrogen-bond donors (Lipinski definition) is 1. The van der Waals surface area contributed by atoms with E-state index >= 15 is 0 Å². The Hall–Kier alpha value is -0.960. The molecule has 0 aliphatic heterocycles. The molecule has 0 amide bonds. The number of hydrogen-bond acceptors (Lipinski definition) is 3. The van der Waals surface area contributed by atoms with Crippen LogP contribution in [0.2, 0.25) is 0 Å². The van der Waals surface area contributed by atoms with E-state index in [-0.39, 0.29) is 0 Å². The molecule has 0 bridgehead atoms. The molecule has 14 heavy (non-hydrogen) atoms. The van der Waals surface area contributed by atoms with Crippen LogP contribution in [0.15, 0.2) is 31.1 Å². The lowest BCUT2D eigenvalue weighted by atomic mass is 10.2. The number of aromatic nitrogens is 1. The maximum Gasteiger partial charge on any atom is 0.0401 e. The zero-order valence-electron chi connectivity index (χ0n) is 8.49. The predicted molar refractivity (Wildman–Crippen MR) is 65.0 cm³/mol. The lowest BCUT2D eigenvalue weighted by Crippen LogP contribution is -2.05. The van der Waals surface area contributed by atoms with Crippen LogP contribution >= 0.6 is 11.8 Å². The first-order chi connectivity index (χ1) is 6.84. The summed E-state index contributed by atoms with van der Waals surface area (Å²) in [6.45, 7) is 6.73. The van der Waals surface area contributed by atoms with Crippen molar-refractivity contribution >= 4 is 17.4 Å². The summed E-state index contributed by atoms with van der Waals surface area (Å²) in [4.78, 5) is 4.04. The zero-order valence-corrected chi connectivity index (χ0v) is 9.31. The molecule has 1 aromatic heterocycles. The molecule has 3 heteroatoms. The van der Waals surface area contributed by atoms with Crippen LogP contribution in [0.5, 0.6) is 0 Å². The predicted octanol–water partition coefficient (Wildman–Crippen LogP) is 2.72. The smallest absolute Gasteiger partial charge is 0.0401 e. The molecule has 1 heterocycles. The van der Waals surface area contributed by atoms with Gasteiger partial charge in [-0.2, -0.15) is 11.8 Å². The SMILES string of the molecule is C=CCSCCNc1ccncc1C. The van der Waals surface area contributed by atoms with Gasteiger partial charge in [-0.15, -0.1) is 6.58 Å². The van der Waals surface area contributed by atoms with Crippen LogP contribution in [0.3, 0.4) is 0 Å². The van der Waals surface area contributed by atoms with E-state index in [1.165, 1.54) is 11.3 Å². The minimum Gasteiger partial charge on any atom is -0.384 e. The Balaban J connectivity index is 2.24. The summed E-state index contributed by atoms with van der Waals surface area (Å²) in [6, 6.07) is 2.01. The van der Waals surface area contributed by atoms with Gasteiger partial charge < -0.3 is 5.32 Å². The van der Waals surface area contributed by atoms with Gasteiger partial charge in [0.25, 0.3) is 0 Å². The number of rotatable bonds is 6. The molecule has 0 aromatic carbocycles. The fourth-order valence-electron chi connectivity index (χ4n) is 1.10. The van der Waals surface area contributed by atoms with Crippen LogP contribution in [0.1, 0.15) is 5.56 Å². The maximum absolute atomic E-state index is 4.04. The lowest BCUT2D eigenvalue weighted by Gasteiger charge is -2.07. The molecule has 0 aliphatic rings. The first kappa shape index (κ1) is 11.1. The number of pyridine rings is 1. The Morgan fingerprint density at radius 2 is 2.50 bits per heavy atom. The highest BCUT2D eigenvalue weighted by Gasteiger charge is 1.94. The Morgan fingerprint density at radius 3 is 3.21 bits per heavy atom. The third-order valence-electron chi connectivity index (χ3n) is 1.82. The van der Waals surface area contributed by atoms with Crippen molar-refractivity contribution in [2.45, 2.75) is 6.92 Å². The third kappa shape index (κ3) is 3.83. The molecule has 0 saturated carbocycles. The van der Waals surface area contributed by atoms with E-state index in [1.54, 1.807) is 0 Å². The van der Waals surface area contributed by atoms with Crippen molar-refractivity contribution in [3.05, 3.63) is 36.7 Å². The van der Waals surface area contributed by atoms with Gasteiger partial charge >= 0.3 is 0 Å². The van der Waals surface area contributed by atoms with Gasteiger partial charge in [-0.05, 0) is 18.6 Å². The average Bonchev–Trinajstić information content (AvgIpc) is 2.20. The molecular formula is C11H16N2S. The van der Waals surface area contributed by atoms with E-state index in [0.29, 0.717) is 0 Å². The number of nitrogens with zero attached hydrogens (tertiary/aromatic N) is 1. The second-order valence-corrected chi connectivity index (χ2v) is 4.13. The molecule has 0 spiro atoms. The summed E-state index contributed by atoms with van der Waals surface area (Å²) in [5, 5.41) is 3.38. The molecule has 76 valence electrons. The van der Waals surface area contributed by atoms with Crippen LogP contribution in [0.25, 0.3) is 0 Å². The van der Waals surface area contributed by atoms with Gasteiger partial charge in [-0.3, -0.25) is 4.98 Å². The first-order valence-corrected chi connectivity index (χ1v) is 5.83. The Kier molecular flexibility index (Phi) is 5.15. The fraction of sp³-hybridized carbons (Fsp3) is 0.364. The van der Waals surface area contributed by atoms with E-state index in [0.717, 1.165) is 18.1 Å². The second kappa shape index (κ2) is 6.49. The maximum atomic E-state index is 4.04. The van der Waals surface area contributed by atoms with Crippen LogP contribution in [-0.2, 0) is 0 Å². The monoisotopic (exact) mass is 208 g/mol. The molecule has 0 atom stereocenters. The topological polar surface area (TPSA) is 24.9 Å². The average molecular weight is 208 g/mol. The fourth-order valence-corrected chi connectivity index (χ4v) is 1.68. The molecule has 0 aliphatic carbocycles. The normalized spacial score (nSPS) is 9.79. The molecular weight excluding hydrogens is 192 g/mol. The van der Waals surface area contributed by atoms with E-state index < -0.39 is 0 Å². The standard InChI is InChI=1S/C11H16N2S/c1-3-7-14-8-6-13-11-4-5-12-9-10(11)2/h3-5,9H,1,6-8H2,2H3,(H,12,13). The van der Waals surface area contributed by atoms with Crippen LogP contribution in [0.4, 0.5) is 5.69 Å². The molecule has 1 aromatic rings. The lowest BCUT2D eigenvalue weighted by molar-refractivity contribution is 1.18. The summed E-state index contributed by atoms with van der Waals surface area (Å²) >= 11 is 1.88. The summed E-state index contributed by atoms with van der Waals surface area (Å²) in [7, 11) is 0. The quantitative estimate of drug-likeness (QED) is 0.575. The van der Waals surface area contributed by atoms with Crippen molar-refractivity contribution in [3.63, 3.8) is 0 Å². The minimum atomic E-state index is 0.989. The number of thioether (sulfide) groups is 1. The van der Waals surface area contributed by atoms with Crippen LogP contribution in [-0.4, -0.2) is 23.0 Å². The second-order valence-electron chi connectivity index (χ2n) is 2.98. The third-order valence-corrected chi connectivity index (χ3v) is 2.78. The van der Waals surface area contributed by atoms with Gasteiger partial charge in [0.15, 0.2) is 0 Å². The van der Waals surface area contributed by atoms with Crippen molar-refractivity contribution in [2.75, 3.05) is 23.4 Å². The van der Waals surface area contributed by atoms with Crippen molar-refractivity contribution in [1.29, 1.82) is 0 Å². The molecule has 0 radical (unpaired) electrons. The highest BCUT2D eigenvalue weighted by atomic mass is 32.2. The highest BCUT2D eigenvalue weighted by molar-refractivity contribution is 7.99. The Bertz CT molecular complexity index is 286. The summed E-state index contributed by atoms with van der Waals surface area (Å²) in [5.74, 6) is 2.13. The van der Waals surface area contributed by atoms with Gasteiger partial charge in [0.1, 0.15) is 0 Å². The summed E-state index contributed by atoms with van der Waals surface area (Å²) in [5.41, 5.74) is 2.38. The van der Waals surface area contributed by atoms with Crippen LogP contribution in [0, 0.1) is 6.92 Å². The Labute approximate surface area is 89.8 Å². The van der Waals surface area contributed by atoms with Crippen molar-refractivity contribution in [2.24, 2.45) is 0 Å². The van der Waals surface area contributed by atoms with Crippen LogP contribution < -0.4 is 5.32 Å². The summed E-state index contributed by atoms with van der Waals surface area (Å²) < 4.78 is 0. The largest absolute Gasteiger partial charge is 0.384 e.